The molecular weight excluding hydrogens is 364 g/mol. The molecule has 150 valence electrons. The molecule has 28 heavy (non-hydrogen) atoms. The van der Waals surface area contributed by atoms with E-state index in [9.17, 15) is 19.7 Å². The third kappa shape index (κ3) is 4.82. The van der Waals surface area contributed by atoms with Crippen LogP contribution in [-0.4, -0.2) is 35.1 Å². The molecular formula is C20H24N2O6. The van der Waals surface area contributed by atoms with Crippen molar-refractivity contribution in [3.8, 4) is 0 Å². The maximum atomic E-state index is 12.7. The summed E-state index contributed by atoms with van der Waals surface area (Å²) in [5.74, 6) is -0.876. The topological polar surface area (TPSA) is 109 Å². The number of aryl methyl sites for hydroxylation is 2. The van der Waals surface area contributed by atoms with E-state index in [-0.39, 0.29) is 37.7 Å². The molecule has 2 rings (SSSR count). The lowest BCUT2D eigenvalue weighted by molar-refractivity contribution is -0.384. The summed E-state index contributed by atoms with van der Waals surface area (Å²) in [6, 6.07) is 4.32. The summed E-state index contributed by atoms with van der Waals surface area (Å²) >= 11 is 0. The number of hydrogen-bond acceptors (Lipinski definition) is 7. The number of ether oxygens (including phenoxy) is 2. The molecule has 0 saturated heterocycles. The number of esters is 2. The number of benzene rings is 1. The van der Waals surface area contributed by atoms with Gasteiger partial charge in [-0.15, -0.1) is 0 Å². The Kier molecular flexibility index (Phi) is 7.43. The van der Waals surface area contributed by atoms with Gasteiger partial charge in [0.15, 0.2) is 0 Å². The molecule has 2 aromatic rings. The maximum absolute atomic E-state index is 12.7. The summed E-state index contributed by atoms with van der Waals surface area (Å²) in [6.45, 7) is 5.87. The van der Waals surface area contributed by atoms with E-state index < -0.39 is 10.9 Å². The summed E-state index contributed by atoms with van der Waals surface area (Å²) < 4.78 is 10.2. The van der Waals surface area contributed by atoms with Gasteiger partial charge in [-0.05, 0) is 38.3 Å². The van der Waals surface area contributed by atoms with Crippen LogP contribution in [0.2, 0.25) is 0 Å². The minimum atomic E-state index is -0.502. The van der Waals surface area contributed by atoms with Gasteiger partial charge in [-0.3, -0.25) is 19.9 Å². The van der Waals surface area contributed by atoms with Gasteiger partial charge in [-0.25, -0.2) is 4.79 Å². The molecule has 0 bridgehead atoms. The van der Waals surface area contributed by atoms with Crippen molar-refractivity contribution in [2.24, 2.45) is 0 Å². The Morgan fingerprint density at radius 3 is 2.43 bits per heavy atom. The maximum Gasteiger partial charge on any atom is 0.340 e. The van der Waals surface area contributed by atoms with E-state index in [1.165, 1.54) is 12.1 Å². The molecule has 1 aromatic heterocycles. The Labute approximate surface area is 163 Å². The fourth-order valence-corrected chi connectivity index (χ4v) is 3.07. The molecule has 1 aromatic carbocycles. The van der Waals surface area contributed by atoms with Gasteiger partial charge in [-0.1, -0.05) is 13.3 Å². The van der Waals surface area contributed by atoms with E-state index in [4.69, 9.17) is 9.47 Å². The van der Waals surface area contributed by atoms with E-state index in [2.05, 4.69) is 4.98 Å². The van der Waals surface area contributed by atoms with Crippen LogP contribution >= 0.6 is 0 Å². The van der Waals surface area contributed by atoms with Crippen molar-refractivity contribution < 1.29 is 24.0 Å². The van der Waals surface area contributed by atoms with Crippen molar-refractivity contribution in [1.29, 1.82) is 0 Å². The van der Waals surface area contributed by atoms with Crippen LogP contribution in [-0.2, 0) is 27.1 Å². The summed E-state index contributed by atoms with van der Waals surface area (Å²) in [5.41, 5.74) is 1.81. The molecule has 0 N–H and O–H groups in total. The Bertz CT molecular complexity index is 894. The van der Waals surface area contributed by atoms with Gasteiger partial charge in [-0.2, -0.15) is 0 Å². The zero-order valence-corrected chi connectivity index (χ0v) is 16.3. The fraction of sp³-hybridized carbons (Fsp3) is 0.450. The lowest BCUT2D eigenvalue weighted by atomic mass is 9.94. The van der Waals surface area contributed by atoms with Crippen LogP contribution < -0.4 is 0 Å². The number of nitro benzene ring substituents is 1. The first-order valence-electron chi connectivity index (χ1n) is 9.35. The summed E-state index contributed by atoms with van der Waals surface area (Å²) in [6.07, 6.45) is 1.58. The molecule has 0 aliphatic rings. The van der Waals surface area contributed by atoms with Crippen molar-refractivity contribution in [3.63, 3.8) is 0 Å². The molecule has 0 aliphatic carbocycles. The van der Waals surface area contributed by atoms with E-state index in [1.54, 1.807) is 19.9 Å². The van der Waals surface area contributed by atoms with Gasteiger partial charge in [0.2, 0.25) is 0 Å². The molecule has 1 heterocycles. The second kappa shape index (κ2) is 9.77. The van der Waals surface area contributed by atoms with Crippen LogP contribution in [0.25, 0.3) is 10.9 Å². The average Bonchev–Trinajstić information content (AvgIpc) is 2.65. The standard InChI is InChI=1S/C20H24N2O6/c1-4-7-16-19(20(24)28-6-3)15(10-11-18(23)27-5-2)14-9-8-13(22(25)26)12-17(14)21-16/h8-9,12H,4-7,10-11H2,1-3H3. The molecule has 0 atom stereocenters. The van der Waals surface area contributed by atoms with Gasteiger partial charge >= 0.3 is 11.9 Å². The van der Waals surface area contributed by atoms with Gasteiger partial charge in [0.1, 0.15) is 0 Å². The zero-order valence-electron chi connectivity index (χ0n) is 16.3. The number of carbonyl (C=O) groups excluding carboxylic acids is 2. The predicted molar refractivity (Wildman–Crippen MR) is 103 cm³/mol. The highest BCUT2D eigenvalue weighted by atomic mass is 16.6. The van der Waals surface area contributed by atoms with Crippen molar-refractivity contribution >= 4 is 28.5 Å². The second-order valence-electron chi connectivity index (χ2n) is 6.15. The summed E-state index contributed by atoms with van der Waals surface area (Å²) in [5, 5.41) is 11.7. The number of aromatic nitrogens is 1. The van der Waals surface area contributed by atoms with E-state index in [1.807, 2.05) is 6.92 Å². The van der Waals surface area contributed by atoms with Crippen molar-refractivity contribution in [2.45, 2.75) is 46.5 Å². The molecule has 8 nitrogen and oxygen atoms in total. The van der Waals surface area contributed by atoms with Crippen LogP contribution in [0.3, 0.4) is 0 Å². The Morgan fingerprint density at radius 2 is 1.82 bits per heavy atom. The molecule has 0 fully saturated rings. The summed E-state index contributed by atoms with van der Waals surface area (Å²) in [4.78, 5) is 39.7. The van der Waals surface area contributed by atoms with Crippen molar-refractivity contribution in [3.05, 3.63) is 45.1 Å². The number of fused-ring (bicyclic) bond motifs is 1. The zero-order chi connectivity index (χ0) is 20.7. The highest BCUT2D eigenvalue weighted by molar-refractivity contribution is 5.99. The number of nitro groups is 1. The van der Waals surface area contributed by atoms with Gasteiger partial charge < -0.3 is 9.47 Å². The van der Waals surface area contributed by atoms with Crippen LogP contribution in [0, 0.1) is 10.1 Å². The van der Waals surface area contributed by atoms with E-state index in [0.29, 0.717) is 34.1 Å². The molecule has 0 amide bonds. The molecule has 0 radical (unpaired) electrons. The number of pyridine rings is 1. The number of rotatable bonds is 9. The summed E-state index contributed by atoms with van der Waals surface area (Å²) in [7, 11) is 0. The minimum Gasteiger partial charge on any atom is -0.466 e. The Morgan fingerprint density at radius 1 is 1.11 bits per heavy atom. The minimum absolute atomic E-state index is 0.0809. The Hall–Kier alpha value is -3.03. The smallest absolute Gasteiger partial charge is 0.340 e. The fourth-order valence-electron chi connectivity index (χ4n) is 3.07. The lowest BCUT2D eigenvalue weighted by Gasteiger charge is -2.16. The number of nitrogens with zero attached hydrogens (tertiary/aromatic N) is 2. The monoisotopic (exact) mass is 388 g/mol. The first-order valence-corrected chi connectivity index (χ1v) is 9.35. The largest absolute Gasteiger partial charge is 0.466 e. The first kappa shape index (κ1) is 21.3. The molecule has 8 heteroatoms. The quantitative estimate of drug-likeness (QED) is 0.365. The molecule has 0 aliphatic heterocycles. The second-order valence-corrected chi connectivity index (χ2v) is 6.15. The van der Waals surface area contributed by atoms with Crippen LogP contribution in [0.15, 0.2) is 18.2 Å². The number of hydrogen-bond donors (Lipinski definition) is 0. The third-order valence-corrected chi connectivity index (χ3v) is 4.21. The van der Waals surface area contributed by atoms with E-state index in [0.717, 1.165) is 6.42 Å². The van der Waals surface area contributed by atoms with Crippen molar-refractivity contribution in [2.75, 3.05) is 13.2 Å². The highest BCUT2D eigenvalue weighted by Crippen LogP contribution is 2.29. The number of carbonyl (C=O) groups is 2. The molecule has 0 unspecified atom stereocenters. The first-order chi connectivity index (χ1) is 13.4. The van der Waals surface area contributed by atoms with Gasteiger partial charge in [0, 0.05) is 23.9 Å². The lowest BCUT2D eigenvalue weighted by Crippen LogP contribution is -2.15. The number of non-ortho nitro benzene ring substituents is 1. The average molecular weight is 388 g/mol. The highest BCUT2D eigenvalue weighted by Gasteiger charge is 2.23. The van der Waals surface area contributed by atoms with Gasteiger partial charge in [0.25, 0.3) is 5.69 Å². The van der Waals surface area contributed by atoms with Crippen molar-refractivity contribution in [1.82, 2.24) is 4.98 Å². The van der Waals surface area contributed by atoms with E-state index >= 15 is 0 Å². The van der Waals surface area contributed by atoms with Gasteiger partial charge in [0.05, 0.1) is 34.9 Å². The predicted octanol–water partition coefficient (Wildman–Crippen LogP) is 3.77. The van der Waals surface area contributed by atoms with Crippen LogP contribution in [0.1, 0.15) is 55.2 Å². The SMILES string of the molecule is CCCc1nc2cc([N+](=O)[O-])ccc2c(CCC(=O)OCC)c1C(=O)OCC. The van der Waals surface area contributed by atoms with Crippen LogP contribution in [0.5, 0.6) is 0 Å². The molecule has 0 saturated carbocycles. The third-order valence-electron chi connectivity index (χ3n) is 4.21. The normalized spacial score (nSPS) is 10.7. The Balaban J connectivity index is 2.68. The van der Waals surface area contributed by atoms with Crippen LogP contribution in [0.4, 0.5) is 5.69 Å². The molecule has 0 spiro atoms.